The molecule has 2 heteroatoms. The van der Waals surface area contributed by atoms with Crippen molar-refractivity contribution in [1.29, 1.82) is 0 Å². The summed E-state index contributed by atoms with van der Waals surface area (Å²) in [4.78, 5) is 0. The second-order valence-corrected chi connectivity index (χ2v) is 3.55. The van der Waals surface area contributed by atoms with E-state index in [0.717, 1.165) is 25.8 Å². The van der Waals surface area contributed by atoms with Gasteiger partial charge in [-0.3, -0.25) is 0 Å². The molecule has 1 rings (SSSR count). The number of hydrogen-bond acceptors (Lipinski definition) is 2. The molecule has 0 aromatic carbocycles. The molecule has 0 aromatic heterocycles. The summed E-state index contributed by atoms with van der Waals surface area (Å²) in [5.74, 6) is 0. The zero-order chi connectivity index (χ0) is 8.65. The summed E-state index contributed by atoms with van der Waals surface area (Å²) in [6, 6.07) is 0.823. The minimum absolute atomic E-state index is 0.823. The summed E-state index contributed by atoms with van der Waals surface area (Å²) >= 11 is 0. The van der Waals surface area contributed by atoms with E-state index in [1.165, 1.54) is 32.1 Å². The molecule has 0 spiro atoms. The van der Waals surface area contributed by atoms with Crippen LogP contribution in [0.3, 0.4) is 0 Å². The minimum Gasteiger partial charge on any atom is -0.380 e. The molecule has 72 valence electrons. The van der Waals surface area contributed by atoms with E-state index >= 15 is 0 Å². The van der Waals surface area contributed by atoms with Crippen molar-refractivity contribution in [2.45, 2.75) is 45.1 Å². The van der Waals surface area contributed by atoms with Crippen molar-refractivity contribution >= 4 is 0 Å². The van der Waals surface area contributed by atoms with Crippen molar-refractivity contribution in [2.24, 2.45) is 0 Å². The molecule has 0 radical (unpaired) electrons. The Kier molecular flexibility index (Phi) is 5.37. The van der Waals surface area contributed by atoms with Gasteiger partial charge in [-0.15, -0.1) is 0 Å². The maximum absolute atomic E-state index is 5.45. The third-order valence-corrected chi connectivity index (χ3v) is 2.15. The monoisotopic (exact) mass is 171 g/mol. The van der Waals surface area contributed by atoms with E-state index in [2.05, 4.69) is 12.2 Å². The van der Waals surface area contributed by atoms with E-state index in [1.54, 1.807) is 0 Å². The number of rotatable bonds is 8. The maximum Gasteiger partial charge on any atom is 0.0590 e. The van der Waals surface area contributed by atoms with E-state index < -0.39 is 0 Å². The maximum atomic E-state index is 5.45. The molecule has 12 heavy (non-hydrogen) atoms. The van der Waals surface area contributed by atoms with Gasteiger partial charge in [0, 0.05) is 19.2 Å². The van der Waals surface area contributed by atoms with Gasteiger partial charge < -0.3 is 10.1 Å². The van der Waals surface area contributed by atoms with Gasteiger partial charge in [-0.05, 0) is 19.3 Å². The summed E-state index contributed by atoms with van der Waals surface area (Å²) in [6.45, 7) is 5.09. The summed E-state index contributed by atoms with van der Waals surface area (Å²) in [5, 5.41) is 3.42. The Morgan fingerprint density at radius 1 is 1.25 bits per heavy atom. The highest BCUT2D eigenvalue weighted by atomic mass is 16.5. The summed E-state index contributed by atoms with van der Waals surface area (Å²) in [6.07, 6.45) is 6.55. The van der Waals surface area contributed by atoms with Crippen molar-refractivity contribution < 1.29 is 4.74 Å². The quantitative estimate of drug-likeness (QED) is 0.564. The van der Waals surface area contributed by atoms with E-state index in [0.29, 0.717) is 0 Å². The lowest BCUT2D eigenvalue weighted by molar-refractivity contribution is 0.132. The molecule has 0 aliphatic heterocycles. The van der Waals surface area contributed by atoms with Crippen LogP contribution in [0.2, 0.25) is 0 Å². The Morgan fingerprint density at radius 2 is 2.08 bits per heavy atom. The van der Waals surface area contributed by atoms with Gasteiger partial charge in [0.15, 0.2) is 0 Å². The predicted molar refractivity (Wildman–Crippen MR) is 51.4 cm³/mol. The van der Waals surface area contributed by atoms with Crippen molar-refractivity contribution in [3.05, 3.63) is 0 Å². The number of hydrogen-bond donors (Lipinski definition) is 1. The first-order valence-electron chi connectivity index (χ1n) is 5.24. The van der Waals surface area contributed by atoms with Gasteiger partial charge in [0.1, 0.15) is 0 Å². The molecule has 0 saturated heterocycles. The van der Waals surface area contributed by atoms with E-state index in [9.17, 15) is 0 Å². The third kappa shape index (κ3) is 5.56. The molecule has 0 aromatic rings. The van der Waals surface area contributed by atoms with Gasteiger partial charge in [0.05, 0.1) is 6.61 Å². The zero-order valence-corrected chi connectivity index (χ0v) is 8.14. The third-order valence-electron chi connectivity index (χ3n) is 2.15. The number of unbranched alkanes of at least 4 members (excludes halogenated alkanes) is 2. The van der Waals surface area contributed by atoms with Gasteiger partial charge in [-0.2, -0.15) is 0 Å². The SMILES string of the molecule is CCCCCOCCNC1CC1. The van der Waals surface area contributed by atoms with E-state index in [1.807, 2.05) is 0 Å². The van der Waals surface area contributed by atoms with E-state index in [-0.39, 0.29) is 0 Å². The number of ether oxygens (including phenoxy) is 1. The topological polar surface area (TPSA) is 21.3 Å². The average Bonchev–Trinajstić information content (AvgIpc) is 2.87. The fourth-order valence-electron chi connectivity index (χ4n) is 1.18. The second-order valence-electron chi connectivity index (χ2n) is 3.55. The first-order chi connectivity index (χ1) is 5.93. The summed E-state index contributed by atoms with van der Waals surface area (Å²) in [7, 11) is 0. The summed E-state index contributed by atoms with van der Waals surface area (Å²) < 4.78 is 5.45. The predicted octanol–water partition coefficient (Wildman–Crippen LogP) is 1.95. The van der Waals surface area contributed by atoms with Crippen LogP contribution in [-0.2, 0) is 4.74 Å². The normalized spacial score (nSPS) is 16.8. The van der Waals surface area contributed by atoms with Crippen LogP contribution in [0.4, 0.5) is 0 Å². The molecule has 1 saturated carbocycles. The van der Waals surface area contributed by atoms with Crippen LogP contribution in [0.25, 0.3) is 0 Å². The first-order valence-corrected chi connectivity index (χ1v) is 5.24. The fourth-order valence-corrected chi connectivity index (χ4v) is 1.18. The van der Waals surface area contributed by atoms with Gasteiger partial charge in [-0.1, -0.05) is 19.8 Å². The van der Waals surface area contributed by atoms with Crippen LogP contribution < -0.4 is 5.32 Å². The lowest BCUT2D eigenvalue weighted by Gasteiger charge is -2.04. The molecule has 1 fully saturated rings. The zero-order valence-electron chi connectivity index (χ0n) is 8.14. The lowest BCUT2D eigenvalue weighted by atomic mass is 10.3. The Balaban J connectivity index is 1.65. The van der Waals surface area contributed by atoms with Gasteiger partial charge in [-0.25, -0.2) is 0 Å². The van der Waals surface area contributed by atoms with Crippen molar-refractivity contribution in [3.8, 4) is 0 Å². The Morgan fingerprint density at radius 3 is 2.75 bits per heavy atom. The van der Waals surface area contributed by atoms with Crippen LogP contribution in [0.15, 0.2) is 0 Å². The van der Waals surface area contributed by atoms with Crippen molar-refractivity contribution in [3.63, 3.8) is 0 Å². The highest BCUT2D eigenvalue weighted by Crippen LogP contribution is 2.17. The van der Waals surface area contributed by atoms with E-state index in [4.69, 9.17) is 4.74 Å². The fraction of sp³-hybridized carbons (Fsp3) is 1.00. The Labute approximate surface area is 75.7 Å². The Bertz CT molecular complexity index is 102. The summed E-state index contributed by atoms with van der Waals surface area (Å²) in [5.41, 5.74) is 0. The Hall–Kier alpha value is -0.0800. The first kappa shape index (κ1) is 10.0. The molecule has 0 unspecified atom stereocenters. The molecule has 1 aliphatic rings. The van der Waals surface area contributed by atoms with Crippen LogP contribution in [0.1, 0.15) is 39.0 Å². The lowest BCUT2D eigenvalue weighted by Crippen LogP contribution is -2.21. The van der Waals surface area contributed by atoms with Crippen molar-refractivity contribution in [2.75, 3.05) is 19.8 Å². The second kappa shape index (κ2) is 6.44. The molecule has 0 atom stereocenters. The molecule has 0 bridgehead atoms. The largest absolute Gasteiger partial charge is 0.380 e. The number of nitrogens with one attached hydrogen (secondary N) is 1. The minimum atomic E-state index is 0.823. The van der Waals surface area contributed by atoms with Gasteiger partial charge in [0.25, 0.3) is 0 Å². The highest BCUT2D eigenvalue weighted by molar-refractivity contribution is 4.80. The van der Waals surface area contributed by atoms with Crippen molar-refractivity contribution in [1.82, 2.24) is 5.32 Å². The molecule has 1 N–H and O–H groups in total. The van der Waals surface area contributed by atoms with Crippen LogP contribution in [0.5, 0.6) is 0 Å². The van der Waals surface area contributed by atoms with Crippen LogP contribution in [-0.4, -0.2) is 25.8 Å². The highest BCUT2D eigenvalue weighted by Gasteiger charge is 2.19. The standard InChI is InChI=1S/C10H21NO/c1-2-3-4-8-12-9-7-11-10-5-6-10/h10-11H,2-9H2,1H3. The van der Waals surface area contributed by atoms with Crippen LogP contribution >= 0.6 is 0 Å². The van der Waals surface area contributed by atoms with Gasteiger partial charge in [0.2, 0.25) is 0 Å². The molecule has 1 aliphatic carbocycles. The van der Waals surface area contributed by atoms with Gasteiger partial charge >= 0.3 is 0 Å². The smallest absolute Gasteiger partial charge is 0.0590 e. The molecule has 2 nitrogen and oxygen atoms in total. The van der Waals surface area contributed by atoms with Crippen LogP contribution in [0, 0.1) is 0 Å². The molecular formula is C10H21NO. The molecule has 0 heterocycles. The molecule has 0 amide bonds. The average molecular weight is 171 g/mol. The molecular weight excluding hydrogens is 150 g/mol.